The minimum absolute atomic E-state index is 0.0232. The van der Waals surface area contributed by atoms with Gasteiger partial charge in [-0.15, -0.1) is 11.3 Å². The maximum atomic E-state index is 12.2. The van der Waals surface area contributed by atoms with E-state index in [1.165, 1.54) is 11.3 Å². The van der Waals surface area contributed by atoms with Crippen molar-refractivity contribution in [2.24, 2.45) is 5.92 Å². The van der Waals surface area contributed by atoms with Crippen molar-refractivity contribution in [3.63, 3.8) is 0 Å². The van der Waals surface area contributed by atoms with Crippen LogP contribution in [0.3, 0.4) is 0 Å². The van der Waals surface area contributed by atoms with Gasteiger partial charge < -0.3 is 14.6 Å². The van der Waals surface area contributed by atoms with E-state index >= 15 is 0 Å². The van der Waals surface area contributed by atoms with E-state index in [1.54, 1.807) is 5.38 Å². The van der Waals surface area contributed by atoms with Crippen LogP contribution in [0, 0.1) is 19.8 Å². The first-order valence-corrected chi connectivity index (χ1v) is 7.72. The van der Waals surface area contributed by atoms with Crippen molar-refractivity contribution in [3.05, 3.63) is 33.6 Å². The molecule has 2 atom stereocenters. The fourth-order valence-corrected chi connectivity index (χ4v) is 3.03. The van der Waals surface area contributed by atoms with Crippen LogP contribution >= 0.6 is 11.3 Å². The maximum Gasteiger partial charge on any atom is 0.271 e. The second-order valence-corrected chi connectivity index (χ2v) is 6.33. The molecule has 1 aliphatic heterocycles. The molecule has 1 N–H and O–H groups in total. The van der Waals surface area contributed by atoms with Gasteiger partial charge >= 0.3 is 0 Å². The summed E-state index contributed by atoms with van der Waals surface area (Å²) in [5.74, 6) is 0.876. The van der Waals surface area contributed by atoms with E-state index in [4.69, 9.17) is 9.26 Å². The second-order valence-electron chi connectivity index (χ2n) is 5.27. The second kappa shape index (κ2) is 5.95. The zero-order chi connectivity index (χ0) is 14.8. The van der Waals surface area contributed by atoms with Gasteiger partial charge in [-0.25, -0.2) is 4.98 Å². The quantitative estimate of drug-likeness (QED) is 0.931. The monoisotopic (exact) mass is 307 g/mol. The van der Waals surface area contributed by atoms with Gasteiger partial charge in [-0.1, -0.05) is 5.16 Å². The largest absolute Gasteiger partial charge is 0.379 e. The number of amides is 1. The van der Waals surface area contributed by atoms with E-state index in [0.29, 0.717) is 25.3 Å². The van der Waals surface area contributed by atoms with Crippen LogP contribution in [0.4, 0.5) is 0 Å². The molecule has 6 nitrogen and oxygen atoms in total. The number of aromatic nitrogens is 2. The van der Waals surface area contributed by atoms with E-state index in [2.05, 4.69) is 15.5 Å². The summed E-state index contributed by atoms with van der Waals surface area (Å²) in [6.07, 6.45) is 0.710. The first-order chi connectivity index (χ1) is 10.1. The van der Waals surface area contributed by atoms with Crippen LogP contribution in [0.15, 0.2) is 16.0 Å². The Hall–Kier alpha value is -1.73. The van der Waals surface area contributed by atoms with E-state index in [1.807, 2.05) is 19.9 Å². The van der Waals surface area contributed by atoms with Crippen LogP contribution in [0.25, 0.3) is 0 Å². The molecule has 3 heterocycles. The van der Waals surface area contributed by atoms with Crippen LogP contribution < -0.4 is 5.32 Å². The highest BCUT2D eigenvalue weighted by Crippen LogP contribution is 2.20. The summed E-state index contributed by atoms with van der Waals surface area (Å²) >= 11 is 1.47. The van der Waals surface area contributed by atoms with E-state index in [-0.39, 0.29) is 17.9 Å². The van der Waals surface area contributed by atoms with Gasteiger partial charge in [-0.2, -0.15) is 0 Å². The molecule has 2 aromatic heterocycles. The molecule has 2 aromatic rings. The van der Waals surface area contributed by atoms with Crippen molar-refractivity contribution < 1.29 is 14.1 Å². The summed E-state index contributed by atoms with van der Waals surface area (Å²) in [6, 6.07) is 1.89. The average Bonchev–Trinajstić information content (AvgIpc) is 3.14. The Bertz CT molecular complexity index is 637. The fraction of sp³-hybridized carbons (Fsp3) is 0.500. The third-order valence-corrected chi connectivity index (χ3v) is 4.28. The molecule has 0 saturated carbocycles. The molecule has 0 bridgehead atoms. The number of aryl methyl sites for hydroxylation is 2. The molecule has 21 heavy (non-hydrogen) atoms. The molecule has 1 saturated heterocycles. The Morgan fingerprint density at radius 2 is 2.33 bits per heavy atom. The summed E-state index contributed by atoms with van der Waals surface area (Å²) < 4.78 is 10.7. The standard InChI is InChI=1S/C14H17N3O3S/c1-8-3-11(20-17-8)4-10-5-19-6-12(10)16-14(18)13-7-21-9(2)15-13/h3,7,10,12H,4-6H2,1-2H3,(H,16,18). The Morgan fingerprint density at radius 3 is 3.00 bits per heavy atom. The van der Waals surface area contributed by atoms with Gasteiger partial charge in [0.2, 0.25) is 0 Å². The van der Waals surface area contributed by atoms with E-state index in [0.717, 1.165) is 16.5 Å². The molecule has 1 aliphatic rings. The van der Waals surface area contributed by atoms with Crippen LogP contribution in [0.2, 0.25) is 0 Å². The minimum Gasteiger partial charge on any atom is -0.379 e. The molecular weight excluding hydrogens is 290 g/mol. The van der Waals surface area contributed by atoms with Crippen LogP contribution in [0.1, 0.15) is 27.0 Å². The third kappa shape index (κ3) is 3.30. The maximum absolute atomic E-state index is 12.2. The summed E-state index contributed by atoms with van der Waals surface area (Å²) in [6.45, 7) is 4.91. The van der Waals surface area contributed by atoms with Gasteiger partial charge in [0.25, 0.3) is 5.91 Å². The lowest BCUT2D eigenvalue weighted by atomic mass is 9.98. The lowest BCUT2D eigenvalue weighted by Gasteiger charge is -2.17. The van der Waals surface area contributed by atoms with Gasteiger partial charge in [-0.05, 0) is 13.8 Å². The zero-order valence-corrected chi connectivity index (χ0v) is 12.8. The fourth-order valence-electron chi connectivity index (χ4n) is 2.44. The van der Waals surface area contributed by atoms with Crippen molar-refractivity contribution in [3.8, 4) is 0 Å². The van der Waals surface area contributed by atoms with Crippen molar-refractivity contribution in [2.75, 3.05) is 13.2 Å². The molecular formula is C14H17N3O3S. The number of ether oxygens (including phenoxy) is 1. The Labute approximate surface area is 126 Å². The minimum atomic E-state index is -0.145. The van der Waals surface area contributed by atoms with E-state index < -0.39 is 0 Å². The SMILES string of the molecule is Cc1cc(CC2COCC2NC(=O)c2csc(C)n2)on1. The Morgan fingerprint density at radius 1 is 1.48 bits per heavy atom. The zero-order valence-electron chi connectivity index (χ0n) is 12.0. The van der Waals surface area contributed by atoms with E-state index in [9.17, 15) is 4.79 Å². The van der Waals surface area contributed by atoms with Gasteiger partial charge in [0, 0.05) is 23.8 Å². The normalized spacial score (nSPS) is 21.6. The van der Waals surface area contributed by atoms with Gasteiger partial charge in [-0.3, -0.25) is 4.79 Å². The van der Waals surface area contributed by atoms with Gasteiger partial charge in [0.15, 0.2) is 0 Å². The predicted octanol–water partition coefficient (Wildman–Crippen LogP) is 1.74. The number of nitrogens with zero attached hydrogens (tertiary/aromatic N) is 2. The van der Waals surface area contributed by atoms with Crippen molar-refractivity contribution in [1.29, 1.82) is 0 Å². The predicted molar refractivity (Wildman–Crippen MR) is 77.4 cm³/mol. The third-order valence-electron chi connectivity index (χ3n) is 3.51. The molecule has 2 unspecified atom stereocenters. The van der Waals surface area contributed by atoms with Crippen LogP contribution in [0.5, 0.6) is 0 Å². The molecule has 0 aliphatic carbocycles. The van der Waals surface area contributed by atoms with Gasteiger partial charge in [0.05, 0.1) is 30.0 Å². The molecule has 1 fully saturated rings. The number of hydrogen-bond donors (Lipinski definition) is 1. The Balaban J connectivity index is 1.62. The molecule has 0 spiro atoms. The van der Waals surface area contributed by atoms with Crippen molar-refractivity contribution in [2.45, 2.75) is 26.3 Å². The summed E-state index contributed by atoms with van der Waals surface area (Å²) in [5.41, 5.74) is 1.33. The number of carbonyl (C=O) groups is 1. The van der Waals surface area contributed by atoms with Crippen molar-refractivity contribution in [1.82, 2.24) is 15.5 Å². The highest BCUT2D eigenvalue weighted by Gasteiger charge is 2.31. The highest BCUT2D eigenvalue weighted by atomic mass is 32.1. The summed E-state index contributed by atoms with van der Waals surface area (Å²) in [5, 5.41) is 9.55. The van der Waals surface area contributed by atoms with Gasteiger partial charge in [0.1, 0.15) is 11.5 Å². The lowest BCUT2D eigenvalue weighted by molar-refractivity contribution is 0.0920. The summed E-state index contributed by atoms with van der Waals surface area (Å²) in [7, 11) is 0. The molecule has 112 valence electrons. The topological polar surface area (TPSA) is 77.2 Å². The van der Waals surface area contributed by atoms with Crippen LogP contribution in [-0.4, -0.2) is 35.3 Å². The molecule has 3 rings (SSSR count). The average molecular weight is 307 g/mol. The summed E-state index contributed by atoms with van der Waals surface area (Å²) in [4.78, 5) is 16.4. The molecule has 1 amide bonds. The van der Waals surface area contributed by atoms with Crippen molar-refractivity contribution >= 4 is 17.2 Å². The molecule has 7 heteroatoms. The number of hydrogen-bond acceptors (Lipinski definition) is 6. The first-order valence-electron chi connectivity index (χ1n) is 6.85. The molecule has 0 aromatic carbocycles. The number of rotatable bonds is 4. The smallest absolute Gasteiger partial charge is 0.271 e. The van der Waals surface area contributed by atoms with Crippen LogP contribution in [-0.2, 0) is 11.2 Å². The number of nitrogens with one attached hydrogen (secondary N) is 1. The first kappa shape index (κ1) is 14.2. The lowest BCUT2D eigenvalue weighted by Crippen LogP contribution is -2.40. The number of carbonyl (C=O) groups excluding carboxylic acids is 1. The number of thiazole rings is 1. The Kier molecular flexibility index (Phi) is 4.03. The molecule has 0 radical (unpaired) electrons. The highest BCUT2D eigenvalue weighted by molar-refractivity contribution is 7.09.